The van der Waals surface area contributed by atoms with Crippen LogP contribution in [0.2, 0.25) is 3.93 Å². The van der Waals surface area contributed by atoms with E-state index < -0.39 is 18.4 Å². The average molecular weight is 521 g/mol. The van der Waals surface area contributed by atoms with Crippen molar-refractivity contribution >= 4 is 35.1 Å². The molecule has 3 rings (SSSR count). The van der Waals surface area contributed by atoms with Crippen LogP contribution in [-0.4, -0.2) is 31.0 Å². The van der Waals surface area contributed by atoms with Crippen LogP contribution in [0.15, 0.2) is 91.0 Å². The summed E-state index contributed by atoms with van der Waals surface area (Å²) >= 11 is -3.48. The first-order valence-electron chi connectivity index (χ1n) is 11.5. The molecule has 0 fully saturated rings. The first-order chi connectivity index (χ1) is 15.2. The molecule has 2 nitrogen and oxygen atoms in total. The van der Waals surface area contributed by atoms with Gasteiger partial charge in [0.05, 0.1) is 0 Å². The van der Waals surface area contributed by atoms with Gasteiger partial charge in [-0.15, -0.1) is 0 Å². The summed E-state index contributed by atoms with van der Waals surface area (Å²) in [6.45, 7) is 4.99. The van der Waals surface area contributed by atoms with Crippen molar-refractivity contribution in [2.75, 3.05) is 6.61 Å². The first kappa shape index (κ1) is 23.6. The van der Waals surface area contributed by atoms with E-state index in [-0.39, 0.29) is 9.90 Å². The van der Waals surface area contributed by atoms with Crippen LogP contribution in [0.25, 0.3) is 0 Å². The molecule has 0 aliphatic rings. The standard InChI is InChI=1S/C10H19O2.3C6H5.Sn/c1-3-5-6-7-9-12-10(11)8-4-2;3*1-2-4-6-5-3-1;/h4H,3,5-9H2,1-2H3;3*1-5H;. The Morgan fingerprint density at radius 2 is 1.19 bits per heavy atom. The Hall–Kier alpha value is -2.07. The Kier molecular flexibility index (Phi) is 9.20. The van der Waals surface area contributed by atoms with Crippen molar-refractivity contribution < 1.29 is 9.53 Å². The summed E-state index contributed by atoms with van der Waals surface area (Å²) in [6, 6.07) is 32.6. The van der Waals surface area contributed by atoms with E-state index in [0.29, 0.717) is 13.0 Å². The molecule has 1 atom stereocenters. The van der Waals surface area contributed by atoms with Gasteiger partial charge in [0, 0.05) is 0 Å². The van der Waals surface area contributed by atoms with Crippen molar-refractivity contribution in [3.05, 3.63) is 91.0 Å². The van der Waals surface area contributed by atoms with Gasteiger partial charge in [0.2, 0.25) is 0 Å². The number of unbranched alkanes of at least 4 members (excludes halogenated alkanes) is 3. The summed E-state index contributed by atoms with van der Waals surface area (Å²) in [6.07, 6.45) is 4.93. The Morgan fingerprint density at radius 3 is 1.61 bits per heavy atom. The summed E-state index contributed by atoms with van der Waals surface area (Å²) in [5.41, 5.74) is 0. The Labute approximate surface area is 191 Å². The van der Waals surface area contributed by atoms with E-state index in [0.717, 1.165) is 12.8 Å². The van der Waals surface area contributed by atoms with Crippen molar-refractivity contribution in [3.8, 4) is 0 Å². The summed E-state index contributed by atoms with van der Waals surface area (Å²) in [7, 11) is 0. The number of carbonyl (C=O) groups excluding carboxylic acids is 1. The van der Waals surface area contributed by atoms with E-state index in [9.17, 15) is 4.79 Å². The van der Waals surface area contributed by atoms with E-state index in [1.165, 1.54) is 23.6 Å². The van der Waals surface area contributed by atoms with Gasteiger partial charge in [0.25, 0.3) is 0 Å². The van der Waals surface area contributed by atoms with Gasteiger partial charge in [-0.25, -0.2) is 0 Å². The van der Waals surface area contributed by atoms with Crippen LogP contribution >= 0.6 is 0 Å². The normalized spacial score (nSPS) is 12.3. The van der Waals surface area contributed by atoms with Gasteiger partial charge in [0.15, 0.2) is 0 Å². The first-order valence-corrected chi connectivity index (χ1v) is 17.4. The molecule has 0 aromatic heterocycles. The molecular formula is C28H34O2Sn. The van der Waals surface area contributed by atoms with Crippen LogP contribution in [0, 0.1) is 0 Å². The molecule has 0 radical (unpaired) electrons. The second-order valence-corrected chi connectivity index (χ2v) is 20.7. The number of hydrogen-bond acceptors (Lipinski definition) is 2. The van der Waals surface area contributed by atoms with Crippen LogP contribution in [0.5, 0.6) is 0 Å². The van der Waals surface area contributed by atoms with Crippen LogP contribution in [0.4, 0.5) is 0 Å². The van der Waals surface area contributed by atoms with Crippen molar-refractivity contribution in [3.63, 3.8) is 0 Å². The third-order valence-corrected chi connectivity index (χ3v) is 21.6. The molecule has 0 heterocycles. The second kappa shape index (κ2) is 12.1. The molecule has 0 spiro atoms. The zero-order valence-electron chi connectivity index (χ0n) is 18.8. The van der Waals surface area contributed by atoms with E-state index in [1.54, 1.807) is 0 Å². The molecule has 0 bridgehead atoms. The second-order valence-electron chi connectivity index (χ2n) is 8.29. The molecule has 0 amide bonds. The number of rotatable bonds is 11. The number of esters is 1. The minimum atomic E-state index is -3.48. The topological polar surface area (TPSA) is 26.3 Å². The average Bonchev–Trinajstić information content (AvgIpc) is 2.81. The van der Waals surface area contributed by atoms with Gasteiger partial charge >= 0.3 is 192 Å². The van der Waals surface area contributed by atoms with E-state index in [2.05, 4.69) is 105 Å². The van der Waals surface area contributed by atoms with Gasteiger partial charge < -0.3 is 0 Å². The zero-order valence-corrected chi connectivity index (χ0v) is 21.7. The molecule has 31 heavy (non-hydrogen) atoms. The fourth-order valence-corrected chi connectivity index (χ4v) is 19.9. The fraction of sp³-hybridized carbons (Fsp3) is 0.321. The SMILES string of the molecule is CCCCCCOC(=O)C[CH](C)[Sn]([c]1ccccc1)([c]1ccccc1)[c]1ccccc1. The quantitative estimate of drug-likeness (QED) is 0.201. The molecule has 0 N–H and O–H groups in total. The number of ether oxygens (including phenoxy) is 1. The van der Waals surface area contributed by atoms with Crippen LogP contribution < -0.4 is 10.7 Å². The van der Waals surface area contributed by atoms with Gasteiger partial charge in [-0.1, -0.05) is 0 Å². The van der Waals surface area contributed by atoms with Crippen molar-refractivity contribution in [2.24, 2.45) is 0 Å². The molecule has 162 valence electrons. The van der Waals surface area contributed by atoms with Crippen LogP contribution in [0.1, 0.15) is 46.0 Å². The van der Waals surface area contributed by atoms with Crippen LogP contribution in [-0.2, 0) is 9.53 Å². The molecule has 0 aliphatic heterocycles. The predicted molar refractivity (Wildman–Crippen MR) is 133 cm³/mol. The third kappa shape index (κ3) is 5.79. The van der Waals surface area contributed by atoms with Crippen molar-refractivity contribution in [2.45, 2.75) is 49.9 Å². The maximum absolute atomic E-state index is 12.8. The summed E-state index contributed by atoms with van der Waals surface area (Å²) < 4.78 is 10.1. The molecule has 0 aliphatic carbocycles. The van der Waals surface area contributed by atoms with Crippen molar-refractivity contribution in [1.82, 2.24) is 0 Å². The molecular weight excluding hydrogens is 487 g/mol. The molecule has 1 unspecified atom stereocenters. The number of carbonyl (C=O) groups is 1. The predicted octanol–water partition coefficient (Wildman–Crippen LogP) is 5.06. The number of hydrogen-bond donors (Lipinski definition) is 0. The third-order valence-electron chi connectivity index (χ3n) is 6.16. The van der Waals surface area contributed by atoms with E-state index >= 15 is 0 Å². The molecule has 0 saturated carbocycles. The summed E-state index contributed by atoms with van der Waals surface area (Å²) in [5, 5.41) is 0. The Morgan fingerprint density at radius 1 is 0.742 bits per heavy atom. The minimum absolute atomic E-state index is 0.0622. The van der Waals surface area contributed by atoms with Gasteiger partial charge in [-0.05, 0) is 0 Å². The van der Waals surface area contributed by atoms with Gasteiger partial charge in [-0.3, -0.25) is 0 Å². The summed E-state index contributed by atoms with van der Waals surface area (Å²) in [5.74, 6) is -0.0622. The Bertz CT molecular complexity index is 813. The van der Waals surface area contributed by atoms with Gasteiger partial charge in [-0.2, -0.15) is 0 Å². The molecule has 0 saturated heterocycles. The zero-order chi connectivity index (χ0) is 21.9. The molecule has 3 aromatic rings. The summed E-state index contributed by atoms with van der Waals surface area (Å²) in [4.78, 5) is 12.8. The van der Waals surface area contributed by atoms with E-state index in [4.69, 9.17) is 4.74 Å². The van der Waals surface area contributed by atoms with E-state index in [1.807, 2.05) is 0 Å². The fourth-order valence-electron chi connectivity index (χ4n) is 4.63. The van der Waals surface area contributed by atoms with Gasteiger partial charge in [0.1, 0.15) is 0 Å². The molecule has 3 heteroatoms. The number of benzene rings is 3. The Balaban J connectivity index is 1.97. The monoisotopic (exact) mass is 522 g/mol. The maximum atomic E-state index is 12.8. The molecule has 3 aromatic carbocycles. The van der Waals surface area contributed by atoms with Crippen molar-refractivity contribution in [1.29, 1.82) is 0 Å². The van der Waals surface area contributed by atoms with Crippen LogP contribution in [0.3, 0.4) is 0 Å².